The molecule has 0 saturated carbocycles. The number of rotatable bonds is 1. The second-order valence-electron chi connectivity index (χ2n) is 3.05. The van der Waals surface area contributed by atoms with Crippen LogP contribution in [-0.2, 0) is 0 Å². The lowest BCUT2D eigenvalue weighted by Gasteiger charge is -2.04. The first-order valence-electron chi connectivity index (χ1n) is 4.17. The molecule has 2 aromatic rings. The van der Waals surface area contributed by atoms with Gasteiger partial charge in [-0.25, -0.2) is 4.39 Å². The Morgan fingerprint density at radius 1 is 1.15 bits per heavy atom. The Morgan fingerprint density at radius 2 is 1.85 bits per heavy atom. The molecule has 0 atom stereocenters. The molecule has 1 aromatic heterocycles. The van der Waals surface area contributed by atoms with E-state index in [0.29, 0.717) is 5.69 Å². The van der Waals surface area contributed by atoms with E-state index in [2.05, 4.69) is 0 Å². The average Bonchev–Trinajstić information content (AvgIpc) is 2.56. The second kappa shape index (κ2) is 3.05. The van der Waals surface area contributed by atoms with Crippen molar-refractivity contribution < 1.29 is 4.39 Å². The maximum atomic E-state index is 13.4. The van der Waals surface area contributed by atoms with Crippen molar-refractivity contribution in [2.75, 3.05) is 0 Å². The van der Waals surface area contributed by atoms with Crippen LogP contribution in [0.2, 0.25) is 0 Å². The topological polar surface area (TPSA) is 4.93 Å². The molecule has 66 valence electrons. The fourth-order valence-electron chi connectivity index (χ4n) is 1.32. The van der Waals surface area contributed by atoms with Crippen molar-refractivity contribution in [2.45, 2.75) is 6.92 Å². The largest absolute Gasteiger partial charge is 0.321 e. The summed E-state index contributed by atoms with van der Waals surface area (Å²) in [5.41, 5.74) is 1.53. The quantitative estimate of drug-likeness (QED) is 0.628. The number of hydrogen-bond donors (Lipinski definition) is 0. The van der Waals surface area contributed by atoms with Gasteiger partial charge in [-0.05, 0) is 36.8 Å². The number of benzene rings is 1. The van der Waals surface area contributed by atoms with Crippen molar-refractivity contribution >= 4 is 0 Å². The molecule has 0 amide bonds. The molecule has 13 heavy (non-hydrogen) atoms. The lowest BCUT2D eigenvalue weighted by Crippen LogP contribution is -1.94. The summed E-state index contributed by atoms with van der Waals surface area (Å²) in [5, 5.41) is 0. The molecule has 1 nitrogen and oxygen atoms in total. The summed E-state index contributed by atoms with van der Waals surface area (Å²) in [6.45, 7) is 1.88. The van der Waals surface area contributed by atoms with Gasteiger partial charge >= 0.3 is 0 Å². The zero-order chi connectivity index (χ0) is 9.26. The van der Waals surface area contributed by atoms with Crippen LogP contribution in [0, 0.1) is 12.7 Å². The maximum absolute atomic E-state index is 13.4. The second-order valence-corrected chi connectivity index (χ2v) is 3.05. The van der Waals surface area contributed by atoms with E-state index in [4.69, 9.17) is 0 Å². The summed E-state index contributed by atoms with van der Waals surface area (Å²) in [5.74, 6) is -0.184. The standard InChI is InChI=1S/C11H10FN/c1-9-4-5-11(10(12)8-9)13-6-2-3-7-13/h2-8H,1H3. The van der Waals surface area contributed by atoms with Crippen LogP contribution in [0.4, 0.5) is 4.39 Å². The van der Waals surface area contributed by atoms with Crippen molar-refractivity contribution in [1.82, 2.24) is 4.57 Å². The van der Waals surface area contributed by atoms with E-state index in [1.165, 1.54) is 6.07 Å². The molecule has 0 saturated heterocycles. The summed E-state index contributed by atoms with van der Waals surface area (Å²) in [6.07, 6.45) is 3.65. The molecule has 0 fully saturated rings. The fraction of sp³-hybridized carbons (Fsp3) is 0.0909. The van der Waals surface area contributed by atoms with Crippen LogP contribution in [0.1, 0.15) is 5.56 Å². The van der Waals surface area contributed by atoms with Gasteiger partial charge in [-0.2, -0.15) is 0 Å². The summed E-state index contributed by atoms with van der Waals surface area (Å²) < 4.78 is 15.2. The third kappa shape index (κ3) is 1.47. The highest BCUT2D eigenvalue weighted by Crippen LogP contribution is 2.14. The van der Waals surface area contributed by atoms with E-state index >= 15 is 0 Å². The minimum Gasteiger partial charge on any atom is -0.321 e. The Bertz CT molecular complexity index is 404. The Labute approximate surface area is 76.4 Å². The number of hydrogen-bond acceptors (Lipinski definition) is 0. The Hall–Kier alpha value is -1.57. The molecule has 1 aromatic carbocycles. The minimum absolute atomic E-state index is 0.184. The van der Waals surface area contributed by atoms with Crippen LogP contribution in [0.15, 0.2) is 42.7 Å². The molecule has 0 bridgehead atoms. The minimum atomic E-state index is -0.184. The normalized spacial score (nSPS) is 10.3. The van der Waals surface area contributed by atoms with Gasteiger partial charge in [-0.1, -0.05) is 6.07 Å². The van der Waals surface area contributed by atoms with Crippen LogP contribution in [0.5, 0.6) is 0 Å². The Balaban J connectivity index is 2.53. The van der Waals surface area contributed by atoms with Crippen molar-refractivity contribution in [1.29, 1.82) is 0 Å². The highest BCUT2D eigenvalue weighted by Gasteiger charge is 2.01. The zero-order valence-corrected chi connectivity index (χ0v) is 7.37. The van der Waals surface area contributed by atoms with E-state index in [1.807, 2.05) is 37.5 Å². The van der Waals surface area contributed by atoms with Gasteiger partial charge in [0.05, 0.1) is 5.69 Å². The predicted molar refractivity (Wildman–Crippen MR) is 50.5 cm³/mol. The number of aryl methyl sites for hydroxylation is 1. The first-order chi connectivity index (χ1) is 6.27. The lowest BCUT2D eigenvalue weighted by molar-refractivity contribution is 0.617. The average molecular weight is 175 g/mol. The summed E-state index contributed by atoms with van der Waals surface area (Å²) in [7, 11) is 0. The number of halogens is 1. The van der Waals surface area contributed by atoms with Gasteiger partial charge in [0.2, 0.25) is 0 Å². The third-order valence-electron chi connectivity index (χ3n) is 1.99. The van der Waals surface area contributed by atoms with Gasteiger partial charge in [0.15, 0.2) is 0 Å². The highest BCUT2D eigenvalue weighted by molar-refractivity contribution is 5.36. The summed E-state index contributed by atoms with van der Waals surface area (Å²) in [4.78, 5) is 0. The number of aromatic nitrogens is 1. The molecular weight excluding hydrogens is 165 g/mol. The highest BCUT2D eigenvalue weighted by atomic mass is 19.1. The van der Waals surface area contributed by atoms with Crippen molar-refractivity contribution in [3.05, 3.63) is 54.1 Å². The van der Waals surface area contributed by atoms with Gasteiger partial charge in [0.25, 0.3) is 0 Å². The molecule has 0 radical (unpaired) electrons. The van der Waals surface area contributed by atoms with Crippen LogP contribution in [-0.4, -0.2) is 4.57 Å². The van der Waals surface area contributed by atoms with E-state index in [1.54, 1.807) is 10.6 Å². The van der Waals surface area contributed by atoms with Gasteiger partial charge in [0.1, 0.15) is 5.82 Å². The molecule has 0 unspecified atom stereocenters. The zero-order valence-electron chi connectivity index (χ0n) is 7.37. The van der Waals surface area contributed by atoms with Gasteiger partial charge < -0.3 is 4.57 Å². The van der Waals surface area contributed by atoms with Gasteiger partial charge in [-0.15, -0.1) is 0 Å². The van der Waals surface area contributed by atoms with Crippen LogP contribution in [0.25, 0.3) is 5.69 Å². The first kappa shape index (κ1) is 8.05. The molecular formula is C11H10FN. The molecule has 0 aliphatic rings. The van der Waals surface area contributed by atoms with Crippen molar-refractivity contribution in [3.63, 3.8) is 0 Å². The molecule has 0 N–H and O–H groups in total. The van der Waals surface area contributed by atoms with E-state index in [0.717, 1.165) is 5.56 Å². The maximum Gasteiger partial charge on any atom is 0.147 e. The third-order valence-corrected chi connectivity index (χ3v) is 1.99. The summed E-state index contributed by atoms with van der Waals surface area (Å²) >= 11 is 0. The van der Waals surface area contributed by atoms with Crippen LogP contribution < -0.4 is 0 Å². The smallest absolute Gasteiger partial charge is 0.147 e. The lowest BCUT2D eigenvalue weighted by atomic mass is 10.2. The van der Waals surface area contributed by atoms with E-state index in [-0.39, 0.29) is 5.82 Å². The first-order valence-corrected chi connectivity index (χ1v) is 4.17. The van der Waals surface area contributed by atoms with Crippen LogP contribution in [0.3, 0.4) is 0 Å². The molecule has 0 spiro atoms. The molecule has 2 rings (SSSR count). The monoisotopic (exact) mass is 175 g/mol. The summed E-state index contributed by atoms with van der Waals surface area (Å²) in [6, 6.07) is 8.97. The molecule has 1 heterocycles. The molecule has 2 heteroatoms. The van der Waals surface area contributed by atoms with E-state index < -0.39 is 0 Å². The van der Waals surface area contributed by atoms with Gasteiger partial charge in [-0.3, -0.25) is 0 Å². The fourth-order valence-corrected chi connectivity index (χ4v) is 1.32. The van der Waals surface area contributed by atoms with Crippen molar-refractivity contribution in [3.8, 4) is 5.69 Å². The Kier molecular flexibility index (Phi) is 1.89. The van der Waals surface area contributed by atoms with E-state index in [9.17, 15) is 4.39 Å². The van der Waals surface area contributed by atoms with Gasteiger partial charge in [0, 0.05) is 12.4 Å². The molecule has 0 aliphatic heterocycles. The van der Waals surface area contributed by atoms with Crippen LogP contribution >= 0.6 is 0 Å². The number of nitrogens with zero attached hydrogens (tertiary/aromatic N) is 1. The van der Waals surface area contributed by atoms with Crippen molar-refractivity contribution in [2.24, 2.45) is 0 Å². The molecule has 0 aliphatic carbocycles. The Morgan fingerprint density at radius 3 is 2.46 bits per heavy atom. The predicted octanol–water partition coefficient (Wildman–Crippen LogP) is 2.92. The SMILES string of the molecule is Cc1ccc(-n2cccc2)c(F)c1.